The van der Waals surface area contributed by atoms with Gasteiger partial charge in [-0.2, -0.15) is 0 Å². The smallest absolute Gasteiger partial charge is 0.222 e. The van der Waals surface area contributed by atoms with Gasteiger partial charge in [0.2, 0.25) is 5.91 Å². The van der Waals surface area contributed by atoms with Crippen LogP contribution in [-0.4, -0.2) is 31.5 Å². The van der Waals surface area contributed by atoms with Gasteiger partial charge in [0.25, 0.3) is 0 Å². The number of benzene rings is 1. The maximum atomic E-state index is 11.4. The van der Waals surface area contributed by atoms with Crippen LogP contribution in [0.25, 0.3) is 0 Å². The summed E-state index contributed by atoms with van der Waals surface area (Å²) in [6.07, 6.45) is 3.26. The van der Waals surface area contributed by atoms with E-state index < -0.39 is 0 Å². The van der Waals surface area contributed by atoms with E-state index in [4.69, 9.17) is 10.5 Å². The molecule has 0 bridgehead atoms. The molecular weight excluding hydrogens is 240 g/mol. The van der Waals surface area contributed by atoms with Crippen LogP contribution in [-0.2, 0) is 11.2 Å². The van der Waals surface area contributed by atoms with Gasteiger partial charge in [-0.1, -0.05) is 12.1 Å². The third-order valence-electron chi connectivity index (χ3n) is 3.57. The maximum Gasteiger partial charge on any atom is 0.222 e. The van der Waals surface area contributed by atoms with Crippen molar-refractivity contribution in [3.8, 4) is 5.75 Å². The summed E-state index contributed by atoms with van der Waals surface area (Å²) in [5, 5.41) is 0. The summed E-state index contributed by atoms with van der Waals surface area (Å²) in [6, 6.07) is 6.21. The summed E-state index contributed by atoms with van der Waals surface area (Å²) < 4.78 is 5.80. The first-order valence-electron chi connectivity index (χ1n) is 6.80. The fourth-order valence-corrected chi connectivity index (χ4v) is 2.42. The zero-order valence-electron chi connectivity index (χ0n) is 11.7. The first-order valence-corrected chi connectivity index (χ1v) is 6.80. The van der Waals surface area contributed by atoms with Gasteiger partial charge in [-0.05, 0) is 36.5 Å². The molecule has 1 aromatic rings. The van der Waals surface area contributed by atoms with Gasteiger partial charge in [-0.15, -0.1) is 0 Å². The minimum absolute atomic E-state index is 0.143. The average Bonchev–Trinajstić information content (AvgIpc) is 2.77. The second-order valence-electron chi connectivity index (χ2n) is 5.21. The molecule has 1 atom stereocenters. The molecule has 0 fully saturated rings. The fourth-order valence-electron chi connectivity index (χ4n) is 2.42. The molecule has 104 valence electrons. The Bertz CT molecular complexity index is 457. The van der Waals surface area contributed by atoms with Crippen LogP contribution in [0, 0.1) is 0 Å². The van der Waals surface area contributed by atoms with E-state index in [0.717, 1.165) is 25.0 Å². The van der Waals surface area contributed by atoms with Crippen LogP contribution in [0.4, 0.5) is 0 Å². The van der Waals surface area contributed by atoms with Gasteiger partial charge in [-0.3, -0.25) is 4.79 Å². The lowest BCUT2D eigenvalue weighted by atomic mass is 10.1. The molecule has 0 radical (unpaired) electrons. The summed E-state index contributed by atoms with van der Waals surface area (Å²) in [4.78, 5) is 13.0. The summed E-state index contributed by atoms with van der Waals surface area (Å²) in [7, 11) is 3.54. The highest BCUT2D eigenvalue weighted by Crippen LogP contribution is 2.35. The Labute approximate surface area is 114 Å². The Morgan fingerprint density at radius 3 is 3.00 bits per heavy atom. The van der Waals surface area contributed by atoms with E-state index in [0.29, 0.717) is 13.0 Å². The van der Waals surface area contributed by atoms with E-state index in [1.807, 2.05) is 12.1 Å². The number of fused-ring (bicyclic) bond motifs is 1. The van der Waals surface area contributed by atoms with Crippen LogP contribution < -0.4 is 10.5 Å². The maximum absolute atomic E-state index is 11.4. The van der Waals surface area contributed by atoms with Crippen molar-refractivity contribution < 1.29 is 9.53 Å². The molecule has 1 amide bonds. The van der Waals surface area contributed by atoms with Gasteiger partial charge in [0.1, 0.15) is 5.75 Å². The van der Waals surface area contributed by atoms with E-state index in [1.165, 1.54) is 11.1 Å². The van der Waals surface area contributed by atoms with Gasteiger partial charge in [0.05, 0.1) is 6.61 Å². The van der Waals surface area contributed by atoms with Crippen molar-refractivity contribution in [2.45, 2.75) is 31.7 Å². The van der Waals surface area contributed by atoms with Crippen molar-refractivity contribution in [1.82, 2.24) is 4.90 Å². The SMILES string of the molecule is CN(C)C(=O)CCCOc1cccc2c1CCC2N. The number of ether oxygens (including phenoxy) is 1. The fraction of sp³-hybridized carbons (Fsp3) is 0.533. The first kappa shape index (κ1) is 13.9. The highest BCUT2D eigenvalue weighted by molar-refractivity contribution is 5.75. The van der Waals surface area contributed by atoms with E-state index in [-0.39, 0.29) is 11.9 Å². The monoisotopic (exact) mass is 262 g/mol. The Morgan fingerprint density at radius 1 is 1.47 bits per heavy atom. The predicted octanol–water partition coefficient (Wildman–Crippen LogP) is 1.88. The Kier molecular flexibility index (Phi) is 4.43. The van der Waals surface area contributed by atoms with Crippen molar-refractivity contribution in [2.75, 3.05) is 20.7 Å². The molecule has 0 saturated carbocycles. The number of amides is 1. The lowest BCUT2D eigenvalue weighted by Gasteiger charge is -2.13. The minimum atomic E-state index is 0.143. The van der Waals surface area contributed by atoms with Crippen LogP contribution in [0.5, 0.6) is 5.75 Å². The zero-order valence-corrected chi connectivity index (χ0v) is 11.7. The van der Waals surface area contributed by atoms with E-state index in [1.54, 1.807) is 19.0 Å². The second kappa shape index (κ2) is 6.06. The van der Waals surface area contributed by atoms with Gasteiger partial charge < -0.3 is 15.4 Å². The largest absolute Gasteiger partial charge is 0.493 e. The molecule has 0 heterocycles. The summed E-state index contributed by atoms with van der Waals surface area (Å²) in [5.74, 6) is 1.08. The normalized spacial score (nSPS) is 17.1. The van der Waals surface area contributed by atoms with E-state index >= 15 is 0 Å². The lowest BCUT2D eigenvalue weighted by Crippen LogP contribution is -2.21. The molecule has 0 aromatic heterocycles. The Hall–Kier alpha value is -1.55. The first-order chi connectivity index (χ1) is 9.09. The van der Waals surface area contributed by atoms with Gasteiger partial charge in [-0.25, -0.2) is 0 Å². The number of hydrogen-bond acceptors (Lipinski definition) is 3. The number of rotatable bonds is 5. The van der Waals surface area contributed by atoms with E-state index in [9.17, 15) is 4.79 Å². The zero-order chi connectivity index (χ0) is 13.8. The number of carbonyl (C=O) groups excluding carboxylic acids is 1. The molecule has 0 aliphatic heterocycles. The van der Waals surface area contributed by atoms with Crippen molar-refractivity contribution >= 4 is 5.91 Å². The molecule has 2 rings (SSSR count). The molecule has 4 nitrogen and oxygen atoms in total. The topological polar surface area (TPSA) is 55.6 Å². The standard InChI is InChI=1S/C15H22N2O2/c1-17(2)15(18)7-4-10-19-14-6-3-5-11-12(14)8-9-13(11)16/h3,5-6,13H,4,7-10,16H2,1-2H3. The van der Waals surface area contributed by atoms with Gasteiger partial charge in [0.15, 0.2) is 0 Å². The molecule has 0 saturated heterocycles. The van der Waals surface area contributed by atoms with Crippen molar-refractivity contribution in [2.24, 2.45) is 5.73 Å². The van der Waals surface area contributed by atoms with Crippen molar-refractivity contribution in [1.29, 1.82) is 0 Å². The minimum Gasteiger partial charge on any atom is -0.493 e. The molecule has 1 aliphatic carbocycles. The summed E-state index contributed by atoms with van der Waals surface area (Å²) in [6.45, 7) is 0.575. The van der Waals surface area contributed by atoms with Crippen molar-refractivity contribution in [3.05, 3.63) is 29.3 Å². The van der Waals surface area contributed by atoms with Crippen LogP contribution in [0.15, 0.2) is 18.2 Å². The van der Waals surface area contributed by atoms with Crippen LogP contribution in [0.1, 0.15) is 36.4 Å². The number of nitrogens with zero attached hydrogens (tertiary/aromatic N) is 1. The molecule has 1 unspecified atom stereocenters. The third-order valence-corrected chi connectivity index (χ3v) is 3.57. The number of hydrogen-bond donors (Lipinski definition) is 1. The molecule has 4 heteroatoms. The molecule has 19 heavy (non-hydrogen) atoms. The summed E-state index contributed by atoms with van der Waals surface area (Å²) in [5.41, 5.74) is 8.49. The molecule has 0 spiro atoms. The highest BCUT2D eigenvalue weighted by Gasteiger charge is 2.21. The average molecular weight is 262 g/mol. The Morgan fingerprint density at radius 2 is 2.26 bits per heavy atom. The van der Waals surface area contributed by atoms with Crippen LogP contribution in [0.3, 0.4) is 0 Å². The molecule has 1 aliphatic rings. The molecule has 1 aromatic carbocycles. The second-order valence-corrected chi connectivity index (χ2v) is 5.21. The van der Waals surface area contributed by atoms with Crippen molar-refractivity contribution in [3.63, 3.8) is 0 Å². The highest BCUT2D eigenvalue weighted by atomic mass is 16.5. The van der Waals surface area contributed by atoms with Crippen LogP contribution in [0.2, 0.25) is 0 Å². The number of nitrogens with two attached hydrogens (primary N) is 1. The molecule has 2 N–H and O–H groups in total. The van der Waals surface area contributed by atoms with Gasteiger partial charge >= 0.3 is 0 Å². The van der Waals surface area contributed by atoms with E-state index in [2.05, 4.69) is 6.07 Å². The molecular formula is C15H22N2O2. The Balaban J connectivity index is 1.86. The quantitative estimate of drug-likeness (QED) is 0.824. The van der Waals surface area contributed by atoms with Gasteiger partial charge in [0, 0.05) is 26.6 Å². The lowest BCUT2D eigenvalue weighted by molar-refractivity contribution is -0.128. The predicted molar refractivity (Wildman–Crippen MR) is 75.1 cm³/mol. The van der Waals surface area contributed by atoms with Crippen LogP contribution >= 0.6 is 0 Å². The summed E-state index contributed by atoms with van der Waals surface area (Å²) >= 11 is 0. The third kappa shape index (κ3) is 3.26. The number of carbonyl (C=O) groups is 1.